The fourth-order valence-corrected chi connectivity index (χ4v) is 3.68. The Morgan fingerprint density at radius 2 is 1.96 bits per heavy atom. The fourth-order valence-electron chi connectivity index (χ4n) is 3.68. The summed E-state index contributed by atoms with van der Waals surface area (Å²) in [6, 6.07) is 3.85. The molecule has 1 aliphatic heterocycles. The largest absolute Gasteiger partial charge is 0.477 e. The fraction of sp³-hybridized carbons (Fsp3) is 0.684. The van der Waals surface area contributed by atoms with Crippen LogP contribution in [0.25, 0.3) is 0 Å². The van der Waals surface area contributed by atoms with Crippen LogP contribution in [0.3, 0.4) is 0 Å². The standard InChI is InChI=1S/C19H26F2N2O2/c1-14-3-2-10-22-17(14)25-13-15-6-11-23(12-7-15)18(24)16-4-8-19(20,21)9-5-16/h2-3,10,15-16H,4-9,11-13H2,1H3. The summed E-state index contributed by atoms with van der Waals surface area (Å²) in [5, 5.41) is 0. The number of amides is 1. The van der Waals surface area contributed by atoms with Crippen LogP contribution in [0.5, 0.6) is 5.88 Å². The Morgan fingerprint density at radius 1 is 1.28 bits per heavy atom. The molecule has 2 heterocycles. The molecule has 2 fully saturated rings. The van der Waals surface area contributed by atoms with Crippen molar-refractivity contribution in [1.29, 1.82) is 0 Å². The second kappa shape index (κ2) is 7.67. The zero-order valence-corrected chi connectivity index (χ0v) is 14.7. The Bertz CT molecular complexity index is 591. The molecule has 4 nitrogen and oxygen atoms in total. The predicted octanol–water partition coefficient (Wildman–Crippen LogP) is 3.83. The second-order valence-electron chi connectivity index (χ2n) is 7.34. The van der Waals surface area contributed by atoms with E-state index < -0.39 is 5.92 Å². The first-order valence-electron chi connectivity index (χ1n) is 9.16. The number of carbonyl (C=O) groups excluding carboxylic acids is 1. The minimum atomic E-state index is -2.58. The van der Waals surface area contributed by atoms with Gasteiger partial charge in [-0.1, -0.05) is 6.07 Å². The van der Waals surface area contributed by atoms with E-state index in [4.69, 9.17) is 4.74 Å². The molecule has 0 atom stereocenters. The van der Waals surface area contributed by atoms with Crippen LogP contribution in [0, 0.1) is 18.8 Å². The van der Waals surface area contributed by atoms with E-state index >= 15 is 0 Å². The van der Waals surface area contributed by atoms with E-state index in [9.17, 15) is 13.6 Å². The van der Waals surface area contributed by atoms with E-state index in [-0.39, 0.29) is 24.7 Å². The monoisotopic (exact) mass is 352 g/mol. The lowest BCUT2D eigenvalue weighted by Crippen LogP contribution is -2.44. The molecular weight excluding hydrogens is 326 g/mol. The minimum absolute atomic E-state index is 0.0652. The number of likely N-dealkylation sites (tertiary alicyclic amines) is 1. The van der Waals surface area contributed by atoms with Crippen LogP contribution < -0.4 is 4.74 Å². The molecule has 0 N–H and O–H groups in total. The molecule has 0 bridgehead atoms. The SMILES string of the molecule is Cc1cccnc1OCC1CCN(C(=O)C2CCC(F)(F)CC2)CC1. The number of aryl methyl sites for hydroxylation is 1. The zero-order valence-electron chi connectivity index (χ0n) is 14.7. The smallest absolute Gasteiger partial charge is 0.248 e. The number of nitrogens with zero attached hydrogens (tertiary/aromatic N) is 2. The predicted molar refractivity (Wildman–Crippen MR) is 90.7 cm³/mol. The van der Waals surface area contributed by atoms with Crippen LogP contribution in [0.4, 0.5) is 8.78 Å². The summed E-state index contributed by atoms with van der Waals surface area (Å²) in [7, 11) is 0. The Balaban J connectivity index is 1.42. The van der Waals surface area contributed by atoms with Gasteiger partial charge in [-0.15, -0.1) is 0 Å². The first-order valence-corrected chi connectivity index (χ1v) is 9.16. The highest BCUT2D eigenvalue weighted by atomic mass is 19.3. The molecule has 0 unspecified atom stereocenters. The third-order valence-electron chi connectivity index (χ3n) is 5.41. The number of aromatic nitrogens is 1. The molecule has 1 aliphatic carbocycles. The van der Waals surface area contributed by atoms with Crippen molar-refractivity contribution in [3.63, 3.8) is 0 Å². The first kappa shape index (κ1) is 18.1. The summed E-state index contributed by atoms with van der Waals surface area (Å²) in [5.74, 6) is -1.66. The van der Waals surface area contributed by atoms with Gasteiger partial charge in [0.1, 0.15) is 0 Å². The lowest BCUT2D eigenvalue weighted by molar-refractivity contribution is -0.141. The average Bonchev–Trinajstić information content (AvgIpc) is 2.61. The topological polar surface area (TPSA) is 42.4 Å². The molecule has 0 aromatic carbocycles. The summed E-state index contributed by atoms with van der Waals surface area (Å²) < 4.78 is 32.3. The van der Waals surface area contributed by atoms with E-state index in [2.05, 4.69) is 4.98 Å². The summed E-state index contributed by atoms with van der Waals surface area (Å²) in [6.45, 7) is 3.97. The van der Waals surface area contributed by atoms with Crippen LogP contribution in [0.2, 0.25) is 0 Å². The van der Waals surface area contributed by atoms with E-state index in [1.807, 2.05) is 24.0 Å². The number of carbonyl (C=O) groups is 1. The summed E-state index contributed by atoms with van der Waals surface area (Å²) >= 11 is 0. The normalized spacial score (nSPS) is 22.0. The number of hydrogen-bond acceptors (Lipinski definition) is 3. The van der Waals surface area contributed by atoms with Gasteiger partial charge in [-0.3, -0.25) is 4.79 Å². The quantitative estimate of drug-likeness (QED) is 0.827. The van der Waals surface area contributed by atoms with E-state index in [1.54, 1.807) is 6.20 Å². The molecule has 1 aromatic heterocycles. The molecule has 138 valence electrons. The highest BCUT2D eigenvalue weighted by Crippen LogP contribution is 2.37. The Labute approximate surface area is 147 Å². The molecule has 25 heavy (non-hydrogen) atoms. The molecule has 3 rings (SSSR count). The van der Waals surface area contributed by atoms with Crippen molar-refractivity contribution in [2.24, 2.45) is 11.8 Å². The summed E-state index contributed by atoms with van der Waals surface area (Å²) in [4.78, 5) is 18.6. The molecular formula is C19H26F2N2O2. The van der Waals surface area contributed by atoms with Gasteiger partial charge in [-0.05, 0) is 44.6 Å². The number of rotatable bonds is 4. The summed E-state index contributed by atoms with van der Waals surface area (Å²) in [5.41, 5.74) is 1.02. The second-order valence-corrected chi connectivity index (χ2v) is 7.34. The number of pyridine rings is 1. The highest BCUT2D eigenvalue weighted by molar-refractivity contribution is 5.79. The van der Waals surface area contributed by atoms with Crippen molar-refractivity contribution in [3.8, 4) is 5.88 Å². The number of alkyl halides is 2. The van der Waals surface area contributed by atoms with Gasteiger partial charge in [0.25, 0.3) is 0 Å². The number of hydrogen-bond donors (Lipinski definition) is 0. The van der Waals surface area contributed by atoms with Crippen LogP contribution in [-0.4, -0.2) is 41.4 Å². The van der Waals surface area contributed by atoms with Crippen molar-refractivity contribution >= 4 is 5.91 Å². The van der Waals surface area contributed by atoms with Gasteiger partial charge in [0.15, 0.2) is 0 Å². The highest BCUT2D eigenvalue weighted by Gasteiger charge is 2.39. The minimum Gasteiger partial charge on any atom is -0.477 e. The maximum Gasteiger partial charge on any atom is 0.248 e. The lowest BCUT2D eigenvalue weighted by Gasteiger charge is -2.36. The number of piperidine rings is 1. The first-order chi connectivity index (χ1) is 11.9. The Kier molecular flexibility index (Phi) is 5.54. The maximum atomic E-state index is 13.2. The van der Waals surface area contributed by atoms with E-state index in [0.717, 1.165) is 18.4 Å². The molecule has 2 aliphatic rings. The van der Waals surface area contributed by atoms with Crippen LogP contribution in [0.1, 0.15) is 44.1 Å². The van der Waals surface area contributed by atoms with Gasteiger partial charge >= 0.3 is 0 Å². The van der Waals surface area contributed by atoms with Crippen LogP contribution in [0.15, 0.2) is 18.3 Å². The van der Waals surface area contributed by atoms with Crippen molar-refractivity contribution in [2.45, 2.75) is 51.4 Å². The maximum absolute atomic E-state index is 13.2. The molecule has 0 spiro atoms. The average molecular weight is 352 g/mol. The lowest BCUT2D eigenvalue weighted by atomic mass is 9.85. The van der Waals surface area contributed by atoms with Gasteiger partial charge in [-0.2, -0.15) is 0 Å². The van der Waals surface area contributed by atoms with Crippen molar-refractivity contribution in [1.82, 2.24) is 9.88 Å². The van der Waals surface area contributed by atoms with Crippen LogP contribution >= 0.6 is 0 Å². The van der Waals surface area contributed by atoms with Gasteiger partial charge in [0.2, 0.25) is 17.7 Å². The van der Waals surface area contributed by atoms with Gasteiger partial charge in [-0.25, -0.2) is 13.8 Å². The van der Waals surface area contributed by atoms with Crippen molar-refractivity contribution < 1.29 is 18.3 Å². The van der Waals surface area contributed by atoms with Crippen molar-refractivity contribution in [3.05, 3.63) is 23.9 Å². The molecule has 0 radical (unpaired) electrons. The number of halogens is 2. The Morgan fingerprint density at radius 3 is 2.60 bits per heavy atom. The van der Waals surface area contributed by atoms with E-state index in [0.29, 0.717) is 44.3 Å². The van der Waals surface area contributed by atoms with Gasteiger partial charge in [0, 0.05) is 43.6 Å². The van der Waals surface area contributed by atoms with E-state index in [1.165, 1.54) is 0 Å². The molecule has 1 saturated carbocycles. The molecule has 1 aromatic rings. The molecule has 1 amide bonds. The number of ether oxygens (including phenoxy) is 1. The molecule has 1 saturated heterocycles. The summed E-state index contributed by atoms with van der Waals surface area (Å²) in [6.07, 6.45) is 3.81. The van der Waals surface area contributed by atoms with Gasteiger partial charge in [0.05, 0.1) is 6.61 Å². The third kappa shape index (κ3) is 4.67. The van der Waals surface area contributed by atoms with Gasteiger partial charge < -0.3 is 9.64 Å². The Hall–Kier alpha value is -1.72. The zero-order chi connectivity index (χ0) is 17.9. The van der Waals surface area contributed by atoms with Crippen molar-refractivity contribution in [2.75, 3.05) is 19.7 Å². The molecule has 6 heteroatoms. The van der Waals surface area contributed by atoms with Crippen LogP contribution in [-0.2, 0) is 4.79 Å². The third-order valence-corrected chi connectivity index (χ3v) is 5.41.